The lowest BCUT2D eigenvalue weighted by atomic mass is 9.72. The Bertz CT molecular complexity index is 1060. The maximum Gasteiger partial charge on any atom is 0.408 e. The van der Waals surface area contributed by atoms with E-state index in [4.69, 9.17) is 0 Å². The second kappa shape index (κ2) is 9.06. The summed E-state index contributed by atoms with van der Waals surface area (Å²) in [5, 5.41) is 0. The number of alkyl halides is 3. The van der Waals surface area contributed by atoms with Gasteiger partial charge >= 0.3 is 6.18 Å². The third-order valence-electron chi connectivity index (χ3n) is 7.37. The van der Waals surface area contributed by atoms with Crippen LogP contribution in [0.2, 0.25) is 0 Å². The van der Waals surface area contributed by atoms with Crippen LogP contribution in [0.3, 0.4) is 0 Å². The average molecular weight is 474 g/mol. The van der Waals surface area contributed by atoms with Crippen LogP contribution in [0, 0.1) is 6.92 Å². The highest BCUT2D eigenvalue weighted by molar-refractivity contribution is 6.11. The molecule has 0 aromatic heterocycles. The molecule has 0 radical (unpaired) electrons. The van der Waals surface area contributed by atoms with E-state index in [1.165, 1.54) is 10.5 Å². The summed E-state index contributed by atoms with van der Waals surface area (Å²) in [6, 6.07) is 13.8. The zero-order valence-corrected chi connectivity index (χ0v) is 19.7. The number of halogens is 3. The molecular weight excluding hydrogens is 443 g/mol. The summed E-state index contributed by atoms with van der Waals surface area (Å²) >= 11 is 0. The number of carbonyl (C=O) groups is 2. The summed E-state index contributed by atoms with van der Waals surface area (Å²) in [7, 11) is 1.13. The van der Waals surface area contributed by atoms with Crippen LogP contribution in [0.4, 0.5) is 18.9 Å². The first-order valence-electron chi connectivity index (χ1n) is 11.6. The minimum Gasteiger partial charge on any atom is -0.332 e. The number of piperidine rings is 1. The third-order valence-corrected chi connectivity index (χ3v) is 7.37. The van der Waals surface area contributed by atoms with Gasteiger partial charge in [0.05, 0.1) is 5.41 Å². The Labute approximate surface area is 198 Å². The maximum atomic E-state index is 13.8. The molecule has 4 rings (SSSR count). The first-order chi connectivity index (χ1) is 16.0. The van der Waals surface area contributed by atoms with Gasteiger partial charge in [0.2, 0.25) is 11.8 Å². The highest BCUT2D eigenvalue weighted by Crippen LogP contribution is 2.49. The number of hydrogen-bond donors (Lipinski definition) is 0. The van der Waals surface area contributed by atoms with Crippen molar-refractivity contribution in [3.8, 4) is 0 Å². The summed E-state index contributed by atoms with van der Waals surface area (Å²) in [5.41, 5.74) is 2.99. The molecule has 0 bridgehead atoms. The Morgan fingerprint density at radius 2 is 1.74 bits per heavy atom. The van der Waals surface area contributed by atoms with Gasteiger partial charge in [0, 0.05) is 19.3 Å². The molecule has 1 fully saturated rings. The Kier molecular flexibility index (Phi) is 6.46. The molecule has 8 heteroatoms. The van der Waals surface area contributed by atoms with Crippen LogP contribution in [0.5, 0.6) is 0 Å². The molecule has 0 saturated carbocycles. The molecule has 5 nitrogen and oxygen atoms in total. The maximum absolute atomic E-state index is 13.8. The van der Waals surface area contributed by atoms with Crippen molar-refractivity contribution in [3.63, 3.8) is 0 Å². The molecule has 0 aliphatic carbocycles. The number of amides is 2. The Balaban J connectivity index is 1.56. The van der Waals surface area contributed by atoms with Gasteiger partial charge in [-0.2, -0.15) is 13.2 Å². The normalized spacial score (nSPS) is 18.8. The van der Waals surface area contributed by atoms with E-state index < -0.39 is 30.1 Å². The van der Waals surface area contributed by atoms with E-state index in [1.807, 2.05) is 37.3 Å². The number of anilines is 1. The fourth-order valence-electron chi connectivity index (χ4n) is 5.21. The average Bonchev–Trinajstić information content (AvgIpc) is 3.03. The second-order valence-electron chi connectivity index (χ2n) is 9.43. The van der Waals surface area contributed by atoms with E-state index in [2.05, 4.69) is 17.0 Å². The van der Waals surface area contributed by atoms with Gasteiger partial charge < -0.3 is 9.80 Å². The molecule has 2 aliphatic rings. The topological polar surface area (TPSA) is 43.9 Å². The van der Waals surface area contributed by atoms with Crippen LogP contribution in [0.1, 0.15) is 36.5 Å². The molecule has 1 atom stereocenters. The van der Waals surface area contributed by atoms with Crippen LogP contribution in [-0.2, 0) is 21.5 Å². The van der Waals surface area contributed by atoms with Gasteiger partial charge in [-0.3, -0.25) is 14.5 Å². The Morgan fingerprint density at radius 1 is 1.09 bits per heavy atom. The third kappa shape index (κ3) is 4.31. The lowest BCUT2D eigenvalue weighted by molar-refractivity contribution is -0.181. The molecule has 0 N–H and O–H groups in total. The van der Waals surface area contributed by atoms with Crippen molar-refractivity contribution < 1.29 is 22.8 Å². The van der Waals surface area contributed by atoms with E-state index in [0.29, 0.717) is 23.4 Å². The number of hydrogen-bond acceptors (Lipinski definition) is 3. The van der Waals surface area contributed by atoms with Gasteiger partial charge in [0.15, 0.2) is 0 Å². The number of carbonyl (C=O) groups excluding carboxylic acids is 2. The van der Waals surface area contributed by atoms with Crippen molar-refractivity contribution >= 4 is 17.5 Å². The highest BCUT2D eigenvalue weighted by atomic mass is 19.4. The van der Waals surface area contributed by atoms with Gasteiger partial charge in [0.25, 0.3) is 0 Å². The Morgan fingerprint density at radius 3 is 2.35 bits per heavy atom. The summed E-state index contributed by atoms with van der Waals surface area (Å²) in [6.45, 7) is 4.75. The van der Waals surface area contributed by atoms with Crippen LogP contribution < -0.4 is 4.90 Å². The molecule has 2 aromatic rings. The standard InChI is InChI=1S/C26H30F3N3O2/c1-18-8-7-11-21-23(18)25(12-14-31(15-13-25)16-20-9-5-4-6-10-20)24(34)32(21)17-22(33)30(3)19(2)26(27,28)29/h4-11,19H,12-17H2,1-3H3. The van der Waals surface area contributed by atoms with Crippen molar-refractivity contribution in [1.29, 1.82) is 0 Å². The van der Waals surface area contributed by atoms with Gasteiger partial charge in [-0.15, -0.1) is 0 Å². The minimum absolute atomic E-state index is 0.183. The molecular formula is C26H30F3N3O2. The largest absolute Gasteiger partial charge is 0.408 e. The predicted octanol–water partition coefficient (Wildman–Crippen LogP) is 4.28. The second-order valence-corrected chi connectivity index (χ2v) is 9.43. The number of likely N-dealkylation sites (N-methyl/N-ethyl adjacent to an activating group) is 1. The molecule has 2 heterocycles. The smallest absolute Gasteiger partial charge is 0.332 e. The number of fused-ring (bicyclic) bond motifs is 2. The number of likely N-dealkylation sites (tertiary alicyclic amines) is 1. The molecule has 1 saturated heterocycles. The van der Waals surface area contributed by atoms with E-state index >= 15 is 0 Å². The number of nitrogens with zero attached hydrogens (tertiary/aromatic N) is 3. The number of benzene rings is 2. The molecule has 2 amide bonds. The monoisotopic (exact) mass is 473 g/mol. The zero-order chi connectivity index (χ0) is 24.7. The van der Waals surface area contributed by atoms with Gasteiger partial charge in [-0.25, -0.2) is 0 Å². The van der Waals surface area contributed by atoms with Crippen LogP contribution in [-0.4, -0.2) is 60.5 Å². The van der Waals surface area contributed by atoms with Crippen molar-refractivity contribution in [3.05, 3.63) is 65.2 Å². The fraction of sp³-hybridized carbons (Fsp3) is 0.462. The zero-order valence-electron chi connectivity index (χ0n) is 19.7. The molecule has 2 aliphatic heterocycles. The number of rotatable bonds is 5. The molecule has 1 unspecified atom stereocenters. The van der Waals surface area contributed by atoms with Crippen molar-refractivity contribution in [2.75, 3.05) is 31.6 Å². The fourth-order valence-corrected chi connectivity index (χ4v) is 5.21. The number of aryl methyl sites for hydroxylation is 1. The SMILES string of the molecule is Cc1cccc2c1C1(CCN(Cc3ccccc3)CC1)C(=O)N2CC(=O)N(C)C(C)C(F)(F)F. The van der Waals surface area contributed by atoms with E-state index in [0.717, 1.165) is 44.7 Å². The summed E-state index contributed by atoms with van der Waals surface area (Å²) in [6.07, 6.45) is -3.31. The summed E-state index contributed by atoms with van der Waals surface area (Å²) < 4.78 is 39.4. The highest BCUT2D eigenvalue weighted by Gasteiger charge is 2.53. The van der Waals surface area contributed by atoms with Crippen molar-refractivity contribution in [2.45, 2.75) is 50.9 Å². The minimum atomic E-state index is -4.53. The molecule has 34 heavy (non-hydrogen) atoms. The molecule has 182 valence electrons. The molecule has 1 spiro atoms. The van der Waals surface area contributed by atoms with Crippen LogP contribution in [0.25, 0.3) is 0 Å². The summed E-state index contributed by atoms with van der Waals surface area (Å²) in [5.74, 6) is -0.915. The van der Waals surface area contributed by atoms with E-state index in [-0.39, 0.29) is 5.91 Å². The van der Waals surface area contributed by atoms with Gasteiger partial charge in [-0.1, -0.05) is 42.5 Å². The first kappa shape index (κ1) is 24.3. The van der Waals surface area contributed by atoms with Gasteiger partial charge in [0.1, 0.15) is 12.6 Å². The quantitative estimate of drug-likeness (QED) is 0.651. The van der Waals surface area contributed by atoms with E-state index in [9.17, 15) is 22.8 Å². The first-order valence-corrected chi connectivity index (χ1v) is 11.6. The van der Waals surface area contributed by atoms with E-state index in [1.54, 1.807) is 6.07 Å². The lowest BCUT2D eigenvalue weighted by Gasteiger charge is -2.39. The lowest BCUT2D eigenvalue weighted by Crippen LogP contribution is -2.52. The Hall–Kier alpha value is -2.87. The van der Waals surface area contributed by atoms with Crippen LogP contribution >= 0.6 is 0 Å². The summed E-state index contributed by atoms with van der Waals surface area (Å²) in [4.78, 5) is 31.0. The molecule has 2 aromatic carbocycles. The van der Waals surface area contributed by atoms with Gasteiger partial charge in [-0.05, 0) is 62.5 Å². The van der Waals surface area contributed by atoms with Crippen molar-refractivity contribution in [2.24, 2.45) is 0 Å². The van der Waals surface area contributed by atoms with Crippen molar-refractivity contribution in [1.82, 2.24) is 9.80 Å². The van der Waals surface area contributed by atoms with Crippen LogP contribution in [0.15, 0.2) is 48.5 Å². The predicted molar refractivity (Wildman–Crippen MR) is 124 cm³/mol.